The molecule has 0 saturated carbocycles. The van der Waals surface area contributed by atoms with Crippen LogP contribution in [0.1, 0.15) is 43.4 Å². The molecule has 2 aliphatic rings. The van der Waals surface area contributed by atoms with E-state index in [0.717, 1.165) is 18.5 Å². The summed E-state index contributed by atoms with van der Waals surface area (Å²) in [5.41, 5.74) is 2.92. The lowest BCUT2D eigenvalue weighted by atomic mass is 9.82. The zero-order chi connectivity index (χ0) is 17.1. The summed E-state index contributed by atoms with van der Waals surface area (Å²) in [4.78, 5) is 5.47. The fourth-order valence-corrected chi connectivity index (χ4v) is 4.91. The lowest BCUT2D eigenvalue weighted by Crippen LogP contribution is -2.54. The second kappa shape index (κ2) is 7.72. The summed E-state index contributed by atoms with van der Waals surface area (Å²) >= 11 is 0. The molecule has 0 radical (unpaired) electrons. The van der Waals surface area contributed by atoms with Crippen molar-refractivity contribution in [3.63, 3.8) is 0 Å². The molecule has 0 aromatic heterocycles. The van der Waals surface area contributed by atoms with Gasteiger partial charge in [0.2, 0.25) is 0 Å². The van der Waals surface area contributed by atoms with Crippen molar-refractivity contribution in [2.45, 2.75) is 44.8 Å². The van der Waals surface area contributed by atoms with E-state index in [-0.39, 0.29) is 0 Å². The molecule has 0 N–H and O–H groups in total. The van der Waals surface area contributed by atoms with E-state index >= 15 is 0 Å². The molecule has 2 saturated heterocycles. The summed E-state index contributed by atoms with van der Waals surface area (Å²) in [7, 11) is 0. The van der Waals surface area contributed by atoms with Crippen LogP contribution in [0.5, 0.6) is 0 Å². The number of benzene rings is 2. The zero-order valence-electron chi connectivity index (χ0n) is 15.3. The Morgan fingerprint density at radius 2 is 1.64 bits per heavy atom. The first-order valence-corrected chi connectivity index (χ1v) is 9.88. The summed E-state index contributed by atoms with van der Waals surface area (Å²) in [6.45, 7) is 7.26. The molecule has 0 aliphatic carbocycles. The fraction of sp³-hybridized carbons (Fsp3) is 0.478. The molecule has 2 heteroatoms. The van der Waals surface area contributed by atoms with Crippen LogP contribution in [0.3, 0.4) is 0 Å². The van der Waals surface area contributed by atoms with Gasteiger partial charge in [0.15, 0.2) is 0 Å². The van der Waals surface area contributed by atoms with Crippen LogP contribution in [0.25, 0.3) is 0 Å². The minimum Gasteiger partial charge on any atom is -0.299 e. The highest BCUT2D eigenvalue weighted by atomic mass is 15.2. The highest BCUT2D eigenvalue weighted by Gasteiger charge is 2.37. The minimum atomic E-state index is 0.537. The van der Waals surface area contributed by atoms with Crippen LogP contribution in [-0.2, 0) is 6.54 Å². The third kappa shape index (κ3) is 3.80. The Kier molecular flexibility index (Phi) is 5.19. The Bertz CT molecular complexity index is 654. The van der Waals surface area contributed by atoms with E-state index in [1.54, 1.807) is 0 Å². The first-order valence-electron chi connectivity index (χ1n) is 9.88. The normalized spacial score (nSPS) is 26.1. The van der Waals surface area contributed by atoms with Crippen molar-refractivity contribution in [2.24, 2.45) is 5.92 Å². The SMILES string of the molecule is CC(c1ccccc1)N1CCCC2CN(Cc3ccccc3)CCC21. The maximum absolute atomic E-state index is 2.79. The van der Waals surface area contributed by atoms with E-state index in [1.165, 1.54) is 50.0 Å². The van der Waals surface area contributed by atoms with Crippen molar-refractivity contribution in [1.29, 1.82) is 0 Å². The third-order valence-electron chi connectivity index (χ3n) is 6.22. The summed E-state index contributed by atoms with van der Waals surface area (Å²) in [6.07, 6.45) is 4.06. The van der Waals surface area contributed by atoms with Crippen LogP contribution in [0.15, 0.2) is 60.7 Å². The molecule has 25 heavy (non-hydrogen) atoms. The lowest BCUT2D eigenvalue weighted by molar-refractivity contribution is -0.00133. The Labute approximate surface area is 152 Å². The van der Waals surface area contributed by atoms with E-state index in [0.29, 0.717) is 6.04 Å². The lowest BCUT2D eigenvalue weighted by Gasteiger charge is -2.49. The summed E-state index contributed by atoms with van der Waals surface area (Å²) in [5, 5.41) is 0. The standard InChI is InChI=1S/C23H30N2/c1-19(21-11-6-3-7-12-21)25-15-8-13-22-18-24(16-14-23(22)25)17-20-9-4-2-5-10-20/h2-7,9-12,19,22-23H,8,13-18H2,1H3. The first-order chi connectivity index (χ1) is 12.3. The molecule has 3 unspecified atom stereocenters. The van der Waals surface area contributed by atoms with Gasteiger partial charge >= 0.3 is 0 Å². The van der Waals surface area contributed by atoms with E-state index < -0.39 is 0 Å². The van der Waals surface area contributed by atoms with Gasteiger partial charge in [-0.2, -0.15) is 0 Å². The van der Waals surface area contributed by atoms with Crippen LogP contribution in [0.2, 0.25) is 0 Å². The maximum atomic E-state index is 2.79. The average molecular weight is 335 g/mol. The van der Waals surface area contributed by atoms with Crippen molar-refractivity contribution in [1.82, 2.24) is 9.80 Å². The van der Waals surface area contributed by atoms with Crippen molar-refractivity contribution in [2.75, 3.05) is 19.6 Å². The second-order valence-electron chi connectivity index (χ2n) is 7.80. The highest BCUT2D eigenvalue weighted by molar-refractivity contribution is 5.19. The van der Waals surface area contributed by atoms with Gasteiger partial charge in [-0.3, -0.25) is 9.80 Å². The Morgan fingerprint density at radius 3 is 2.40 bits per heavy atom. The van der Waals surface area contributed by atoms with Crippen molar-refractivity contribution in [3.05, 3.63) is 71.8 Å². The number of hydrogen-bond acceptors (Lipinski definition) is 2. The molecule has 2 aromatic carbocycles. The number of fused-ring (bicyclic) bond motifs is 1. The zero-order valence-corrected chi connectivity index (χ0v) is 15.3. The van der Waals surface area contributed by atoms with Gasteiger partial charge in [-0.05, 0) is 56.3 Å². The molecular formula is C23H30N2. The molecular weight excluding hydrogens is 304 g/mol. The predicted molar refractivity (Wildman–Crippen MR) is 104 cm³/mol. The van der Waals surface area contributed by atoms with Crippen molar-refractivity contribution < 1.29 is 0 Å². The molecule has 3 atom stereocenters. The van der Waals surface area contributed by atoms with Crippen molar-refractivity contribution >= 4 is 0 Å². The van der Waals surface area contributed by atoms with Gasteiger partial charge in [0.05, 0.1) is 0 Å². The van der Waals surface area contributed by atoms with Crippen LogP contribution in [0.4, 0.5) is 0 Å². The number of nitrogens with zero attached hydrogens (tertiary/aromatic N) is 2. The minimum absolute atomic E-state index is 0.537. The number of rotatable bonds is 4. The van der Waals surface area contributed by atoms with Gasteiger partial charge in [0.1, 0.15) is 0 Å². The third-order valence-corrected chi connectivity index (χ3v) is 6.22. The van der Waals surface area contributed by atoms with Gasteiger partial charge in [-0.15, -0.1) is 0 Å². The molecule has 2 aliphatic heterocycles. The molecule has 2 aromatic rings. The van der Waals surface area contributed by atoms with Gasteiger partial charge in [-0.25, -0.2) is 0 Å². The summed E-state index contributed by atoms with van der Waals surface area (Å²) < 4.78 is 0. The molecule has 0 amide bonds. The maximum Gasteiger partial charge on any atom is 0.0322 e. The predicted octanol–water partition coefficient (Wildman–Crippen LogP) is 4.73. The fourth-order valence-electron chi connectivity index (χ4n) is 4.91. The molecule has 2 nitrogen and oxygen atoms in total. The van der Waals surface area contributed by atoms with Crippen molar-refractivity contribution in [3.8, 4) is 0 Å². The quantitative estimate of drug-likeness (QED) is 0.797. The first kappa shape index (κ1) is 16.8. The Hall–Kier alpha value is -1.64. The van der Waals surface area contributed by atoms with E-state index in [9.17, 15) is 0 Å². The molecule has 4 rings (SSSR count). The number of likely N-dealkylation sites (tertiary alicyclic amines) is 2. The molecule has 132 valence electrons. The van der Waals surface area contributed by atoms with E-state index in [1.807, 2.05) is 0 Å². The van der Waals surface area contributed by atoms with Crippen LogP contribution < -0.4 is 0 Å². The molecule has 2 fully saturated rings. The van der Waals surface area contributed by atoms with Gasteiger partial charge < -0.3 is 0 Å². The van der Waals surface area contributed by atoms with Gasteiger partial charge in [-0.1, -0.05) is 60.7 Å². The highest BCUT2D eigenvalue weighted by Crippen LogP contribution is 2.36. The molecule has 2 heterocycles. The topological polar surface area (TPSA) is 6.48 Å². The Morgan fingerprint density at radius 1 is 0.920 bits per heavy atom. The van der Waals surface area contributed by atoms with Crippen LogP contribution in [-0.4, -0.2) is 35.5 Å². The summed E-state index contributed by atoms with van der Waals surface area (Å²) in [5.74, 6) is 0.831. The van der Waals surface area contributed by atoms with Crippen LogP contribution >= 0.6 is 0 Å². The molecule has 0 spiro atoms. The second-order valence-corrected chi connectivity index (χ2v) is 7.80. The summed E-state index contributed by atoms with van der Waals surface area (Å²) in [6, 6.07) is 23.3. The van der Waals surface area contributed by atoms with Gasteiger partial charge in [0.25, 0.3) is 0 Å². The van der Waals surface area contributed by atoms with Crippen LogP contribution in [0, 0.1) is 5.92 Å². The number of hydrogen-bond donors (Lipinski definition) is 0. The molecule has 0 bridgehead atoms. The number of piperidine rings is 2. The van der Waals surface area contributed by atoms with E-state index in [2.05, 4.69) is 77.4 Å². The van der Waals surface area contributed by atoms with Gasteiger partial charge in [0, 0.05) is 25.2 Å². The Balaban J connectivity index is 1.42. The smallest absolute Gasteiger partial charge is 0.0322 e. The largest absolute Gasteiger partial charge is 0.299 e. The van der Waals surface area contributed by atoms with E-state index in [4.69, 9.17) is 0 Å². The monoisotopic (exact) mass is 334 g/mol. The average Bonchev–Trinajstić information content (AvgIpc) is 2.68.